The molecule has 1 saturated heterocycles. The van der Waals surface area contributed by atoms with Crippen molar-refractivity contribution < 1.29 is 14.3 Å². The third kappa shape index (κ3) is 8.41. The van der Waals surface area contributed by atoms with E-state index in [0.29, 0.717) is 32.2 Å². The number of amides is 1. The van der Waals surface area contributed by atoms with Crippen molar-refractivity contribution >= 4 is 11.9 Å². The summed E-state index contributed by atoms with van der Waals surface area (Å²) in [5.41, 5.74) is 2.36. The Morgan fingerprint density at radius 2 is 1.93 bits per heavy atom. The molecule has 0 saturated carbocycles. The van der Waals surface area contributed by atoms with Gasteiger partial charge in [-0.2, -0.15) is 0 Å². The van der Waals surface area contributed by atoms with E-state index in [9.17, 15) is 4.79 Å². The molecular weight excluding hydrogens is 368 g/mol. The van der Waals surface area contributed by atoms with Crippen molar-refractivity contribution in [3.8, 4) is 0 Å². The van der Waals surface area contributed by atoms with Crippen molar-refractivity contribution in [3.05, 3.63) is 35.4 Å². The van der Waals surface area contributed by atoms with Crippen molar-refractivity contribution in [2.75, 3.05) is 47.0 Å². The Balaban J connectivity index is 1.76. The first kappa shape index (κ1) is 23.2. The number of nitrogens with one attached hydrogen (secondary N) is 2. The molecule has 0 bridgehead atoms. The van der Waals surface area contributed by atoms with Gasteiger partial charge in [-0.15, -0.1) is 0 Å². The van der Waals surface area contributed by atoms with Crippen LogP contribution in [0, 0.1) is 5.92 Å². The van der Waals surface area contributed by atoms with Gasteiger partial charge in [0.1, 0.15) is 0 Å². The summed E-state index contributed by atoms with van der Waals surface area (Å²) >= 11 is 0. The molecule has 1 amide bonds. The number of guanidine groups is 1. The van der Waals surface area contributed by atoms with Crippen LogP contribution in [0.2, 0.25) is 0 Å². The van der Waals surface area contributed by atoms with Gasteiger partial charge in [-0.25, -0.2) is 0 Å². The predicted molar refractivity (Wildman–Crippen MR) is 116 cm³/mol. The number of carbonyl (C=O) groups excluding carboxylic acids is 1. The zero-order chi connectivity index (χ0) is 20.9. The second kappa shape index (κ2) is 13.2. The Kier molecular flexibility index (Phi) is 10.5. The smallest absolute Gasteiger partial charge is 0.220 e. The van der Waals surface area contributed by atoms with E-state index >= 15 is 0 Å². The number of ether oxygens (including phenoxy) is 2. The standard InChI is InChI=1S/C22H36N4O3/c1-4-28-12-13-29-17-20-7-5-6-19(14-20)16-25-22(24-3)26-10-8-18(9-11-26)15-21(27)23-2/h5-7,14,18H,4,8-13,15-17H2,1-3H3,(H,23,27)(H,24,25). The Labute approximate surface area is 174 Å². The average molecular weight is 405 g/mol. The van der Waals surface area contributed by atoms with Gasteiger partial charge in [-0.3, -0.25) is 9.79 Å². The minimum absolute atomic E-state index is 0.132. The number of benzene rings is 1. The summed E-state index contributed by atoms with van der Waals surface area (Å²) in [6.07, 6.45) is 2.65. The molecule has 0 aromatic heterocycles. The van der Waals surface area contributed by atoms with Crippen LogP contribution in [-0.4, -0.2) is 63.8 Å². The van der Waals surface area contributed by atoms with Crippen LogP contribution in [0.5, 0.6) is 0 Å². The highest BCUT2D eigenvalue weighted by molar-refractivity contribution is 5.80. The maximum absolute atomic E-state index is 11.6. The van der Waals surface area contributed by atoms with Gasteiger partial charge in [-0.1, -0.05) is 24.3 Å². The quantitative estimate of drug-likeness (QED) is 0.355. The lowest BCUT2D eigenvalue weighted by Crippen LogP contribution is -2.45. The van der Waals surface area contributed by atoms with Gasteiger partial charge in [0.15, 0.2) is 5.96 Å². The lowest BCUT2D eigenvalue weighted by molar-refractivity contribution is -0.121. The van der Waals surface area contributed by atoms with Gasteiger partial charge in [0.25, 0.3) is 0 Å². The van der Waals surface area contributed by atoms with Gasteiger partial charge >= 0.3 is 0 Å². The number of carbonyl (C=O) groups is 1. The van der Waals surface area contributed by atoms with E-state index in [1.54, 1.807) is 7.05 Å². The van der Waals surface area contributed by atoms with E-state index in [2.05, 4.69) is 44.8 Å². The van der Waals surface area contributed by atoms with Gasteiger partial charge in [0.05, 0.1) is 19.8 Å². The number of aliphatic imine (C=N–C) groups is 1. The lowest BCUT2D eigenvalue weighted by Gasteiger charge is -2.34. The second-order valence-electron chi connectivity index (χ2n) is 7.28. The molecule has 1 aromatic rings. The number of nitrogens with zero attached hydrogens (tertiary/aromatic N) is 2. The first-order valence-corrected chi connectivity index (χ1v) is 10.6. The van der Waals surface area contributed by atoms with E-state index in [-0.39, 0.29) is 5.91 Å². The van der Waals surface area contributed by atoms with Crippen LogP contribution < -0.4 is 10.6 Å². The van der Waals surface area contributed by atoms with E-state index in [0.717, 1.165) is 50.6 Å². The second-order valence-corrected chi connectivity index (χ2v) is 7.28. The van der Waals surface area contributed by atoms with E-state index in [1.165, 1.54) is 5.56 Å². The minimum atomic E-state index is 0.132. The molecule has 29 heavy (non-hydrogen) atoms. The number of hydrogen-bond acceptors (Lipinski definition) is 4. The van der Waals surface area contributed by atoms with Crippen LogP contribution in [0.4, 0.5) is 0 Å². The number of piperidine rings is 1. The van der Waals surface area contributed by atoms with Crippen LogP contribution in [0.3, 0.4) is 0 Å². The monoisotopic (exact) mass is 404 g/mol. The summed E-state index contributed by atoms with van der Waals surface area (Å²) in [4.78, 5) is 18.3. The van der Waals surface area contributed by atoms with Crippen molar-refractivity contribution in [1.82, 2.24) is 15.5 Å². The molecule has 0 aliphatic carbocycles. The molecule has 1 heterocycles. The molecule has 0 atom stereocenters. The van der Waals surface area contributed by atoms with Crippen molar-refractivity contribution in [3.63, 3.8) is 0 Å². The molecule has 1 aliphatic heterocycles. The van der Waals surface area contributed by atoms with E-state index in [1.807, 2.05) is 14.0 Å². The number of hydrogen-bond donors (Lipinski definition) is 2. The Morgan fingerprint density at radius 3 is 2.62 bits per heavy atom. The van der Waals surface area contributed by atoms with Crippen LogP contribution in [0.1, 0.15) is 37.3 Å². The van der Waals surface area contributed by atoms with Gasteiger partial charge in [0, 0.05) is 46.8 Å². The summed E-state index contributed by atoms with van der Waals surface area (Å²) in [6.45, 7) is 7.11. The molecule has 1 fully saturated rings. The highest BCUT2D eigenvalue weighted by atomic mass is 16.5. The third-order valence-electron chi connectivity index (χ3n) is 5.17. The van der Waals surface area contributed by atoms with E-state index < -0.39 is 0 Å². The fourth-order valence-corrected chi connectivity index (χ4v) is 3.51. The lowest BCUT2D eigenvalue weighted by atomic mass is 9.93. The summed E-state index contributed by atoms with van der Waals surface area (Å²) in [5, 5.41) is 6.19. The Bertz CT molecular complexity index is 643. The van der Waals surface area contributed by atoms with Crippen molar-refractivity contribution in [1.29, 1.82) is 0 Å². The largest absolute Gasteiger partial charge is 0.379 e. The molecule has 1 aromatic carbocycles. The molecule has 0 unspecified atom stereocenters. The first-order chi connectivity index (χ1) is 14.2. The molecule has 7 heteroatoms. The number of rotatable bonds is 10. The van der Waals surface area contributed by atoms with Gasteiger partial charge < -0.3 is 25.0 Å². The van der Waals surface area contributed by atoms with Crippen molar-refractivity contribution in [2.24, 2.45) is 10.9 Å². The molecule has 7 nitrogen and oxygen atoms in total. The maximum Gasteiger partial charge on any atom is 0.220 e. The van der Waals surface area contributed by atoms with Crippen LogP contribution in [-0.2, 0) is 27.4 Å². The minimum Gasteiger partial charge on any atom is -0.379 e. The Morgan fingerprint density at radius 1 is 1.21 bits per heavy atom. The van der Waals surface area contributed by atoms with Crippen molar-refractivity contribution in [2.45, 2.75) is 39.3 Å². The molecule has 1 aliphatic rings. The summed E-state index contributed by atoms with van der Waals surface area (Å²) in [6, 6.07) is 8.41. The topological polar surface area (TPSA) is 75.2 Å². The number of likely N-dealkylation sites (tertiary alicyclic amines) is 1. The predicted octanol–water partition coefficient (Wildman–Crippen LogP) is 2.16. The maximum atomic E-state index is 11.6. The highest BCUT2D eigenvalue weighted by Crippen LogP contribution is 2.20. The summed E-state index contributed by atoms with van der Waals surface area (Å²) in [7, 11) is 3.52. The van der Waals surface area contributed by atoms with E-state index in [4.69, 9.17) is 9.47 Å². The van der Waals surface area contributed by atoms with Gasteiger partial charge in [0.2, 0.25) is 5.91 Å². The molecule has 2 N–H and O–H groups in total. The molecule has 2 rings (SSSR count). The molecule has 162 valence electrons. The zero-order valence-corrected chi connectivity index (χ0v) is 18.1. The SMILES string of the molecule is CCOCCOCc1cccc(CNC(=NC)N2CCC(CC(=O)NC)CC2)c1. The third-order valence-corrected chi connectivity index (χ3v) is 5.17. The molecule has 0 spiro atoms. The molecule has 0 radical (unpaired) electrons. The first-order valence-electron chi connectivity index (χ1n) is 10.6. The van der Waals surface area contributed by atoms with Gasteiger partial charge in [-0.05, 0) is 36.8 Å². The normalized spacial score (nSPS) is 15.4. The van der Waals surface area contributed by atoms with Crippen LogP contribution >= 0.6 is 0 Å². The fourth-order valence-electron chi connectivity index (χ4n) is 3.51. The summed E-state index contributed by atoms with van der Waals surface area (Å²) < 4.78 is 10.9. The summed E-state index contributed by atoms with van der Waals surface area (Å²) in [5.74, 6) is 1.51. The van der Waals surface area contributed by atoms with Crippen LogP contribution in [0.25, 0.3) is 0 Å². The zero-order valence-electron chi connectivity index (χ0n) is 18.1. The Hall–Kier alpha value is -2.12. The molecular formula is C22H36N4O3. The van der Waals surface area contributed by atoms with Crippen LogP contribution in [0.15, 0.2) is 29.3 Å². The fraction of sp³-hybridized carbons (Fsp3) is 0.636. The highest BCUT2D eigenvalue weighted by Gasteiger charge is 2.22. The average Bonchev–Trinajstić information content (AvgIpc) is 2.75.